The molecule has 1 atom stereocenters. The molecule has 0 radical (unpaired) electrons. The molecule has 0 aliphatic carbocycles. The summed E-state index contributed by atoms with van der Waals surface area (Å²) in [6.07, 6.45) is 2.90. The zero-order valence-corrected chi connectivity index (χ0v) is 11.2. The smallest absolute Gasteiger partial charge is 0.213 e. The van der Waals surface area contributed by atoms with Crippen LogP contribution in [0.5, 0.6) is 0 Å². The number of nitrogens with zero attached hydrogens (tertiary/aromatic N) is 1. The highest BCUT2D eigenvalue weighted by Gasteiger charge is 2.28. The number of rotatable bonds is 4. The highest BCUT2D eigenvalue weighted by atomic mass is 32.2. The summed E-state index contributed by atoms with van der Waals surface area (Å²) in [4.78, 5) is 0. The van der Waals surface area contributed by atoms with Gasteiger partial charge in [-0.3, -0.25) is 0 Å². The zero-order chi connectivity index (χ0) is 12.3. The van der Waals surface area contributed by atoms with Crippen LogP contribution in [0.15, 0.2) is 0 Å². The SMILES string of the molecule is CCS(=O)(=O)N1CCC(NC2CCOC2)CC1. The predicted molar refractivity (Wildman–Crippen MR) is 66.4 cm³/mol. The van der Waals surface area contributed by atoms with Crippen molar-refractivity contribution in [3.05, 3.63) is 0 Å². The van der Waals surface area contributed by atoms with Crippen LogP contribution >= 0.6 is 0 Å². The fraction of sp³-hybridized carbons (Fsp3) is 1.00. The van der Waals surface area contributed by atoms with Crippen LogP contribution in [-0.4, -0.2) is 56.9 Å². The summed E-state index contributed by atoms with van der Waals surface area (Å²) >= 11 is 0. The Morgan fingerprint density at radius 1 is 1.24 bits per heavy atom. The number of ether oxygens (including phenoxy) is 1. The standard InChI is InChI=1S/C11H22N2O3S/c1-2-17(14,15)13-6-3-10(4-7-13)12-11-5-8-16-9-11/h10-12H,2-9H2,1H3. The Bertz CT molecular complexity index is 331. The van der Waals surface area contributed by atoms with Crippen molar-refractivity contribution >= 4 is 10.0 Å². The molecular weight excluding hydrogens is 240 g/mol. The van der Waals surface area contributed by atoms with E-state index in [4.69, 9.17) is 4.74 Å². The Labute approximate surface area is 104 Å². The number of nitrogens with one attached hydrogen (secondary N) is 1. The largest absolute Gasteiger partial charge is 0.380 e. The van der Waals surface area contributed by atoms with Gasteiger partial charge in [0.05, 0.1) is 12.4 Å². The molecule has 2 heterocycles. The van der Waals surface area contributed by atoms with Crippen molar-refractivity contribution in [1.82, 2.24) is 9.62 Å². The fourth-order valence-corrected chi connectivity index (χ4v) is 3.61. The van der Waals surface area contributed by atoms with Crippen molar-refractivity contribution in [1.29, 1.82) is 0 Å². The van der Waals surface area contributed by atoms with Crippen molar-refractivity contribution in [3.63, 3.8) is 0 Å². The maximum atomic E-state index is 11.7. The van der Waals surface area contributed by atoms with E-state index in [0.29, 0.717) is 25.2 Å². The molecule has 2 aliphatic heterocycles. The highest BCUT2D eigenvalue weighted by molar-refractivity contribution is 7.89. The third-order valence-electron chi connectivity index (χ3n) is 3.61. The molecule has 6 heteroatoms. The molecule has 0 bridgehead atoms. The Morgan fingerprint density at radius 3 is 2.47 bits per heavy atom. The Kier molecular flexibility index (Phi) is 4.41. The van der Waals surface area contributed by atoms with Crippen LogP contribution in [0.1, 0.15) is 26.2 Å². The Hall–Kier alpha value is -0.170. The second-order valence-electron chi connectivity index (χ2n) is 4.80. The van der Waals surface area contributed by atoms with E-state index in [9.17, 15) is 8.42 Å². The third kappa shape index (κ3) is 3.40. The quantitative estimate of drug-likeness (QED) is 0.785. The summed E-state index contributed by atoms with van der Waals surface area (Å²) in [5.74, 6) is 0.210. The van der Waals surface area contributed by atoms with Gasteiger partial charge in [0, 0.05) is 31.8 Å². The first kappa shape index (κ1) is 13.3. The van der Waals surface area contributed by atoms with Gasteiger partial charge in [0.1, 0.15) is 0 Å². The monoisotopic (exact) mass is 262 g/mol. The molecule has 1 unspecified atom stereocenters. The molecule has 2 aliphatic rings. The summed E-state index contributed by atoms with van der Waals surface area (Å²) in [5, 5.41) is 3.56. The molecule has 0 aromatic carbocycles. The normalized spacial score (nSPS) is 28.6. The lowest BCUT2D eigenvalue weighted by molar-refractivity contribution is 0.184. The van der Waals surface area contributed by atoms with Gasteiger partial charge in [-0.05, 0) is 26.2 Å². The van der Waals surface area contributed by atoms with Crippen molar-refractivity contribution in [3.8, 4) is 0 Å². The van der Waals surface area contributed by atoms with E-state index in [1.54, 1.807) is 11.2 Å². The van der Waals surface area contributed by atoms with Crippen molar-refractivity contribution in [2.45, 2.75) is 38.3 Å². The molecule has 0 amide bonds. The molecule has 5 nitrogen and oxygen atoms in total. The Balaban J connectivity index is 1.77. The molecular formula is C11H22N2O3S. The summed E-state index contributed by atoms with van der Waals surface area (Å²) in [5.41, 5.74) is 0. The molecule has 0 saturated carbocycles. The van der Waals surface area contributed by atoms with Crippen LogP contribution < -0.4 is 5.32 Å². The summed E-state index contributed by atoms with van der Waals surface area (Å²) < 4.78 is 30.3. The van der Waals surface area contributed by atoms with E-state index >= 15 is 0 Å². The minimum Gasteiger partial charge on any atom is -0.380 e. The van der Waals surface area contributed by atoms with E-state index in [-0.39, 0.29) is 5.75 Å². The van der Waals surface area contributed by atoms with E-state index < -0.39 is 10.0 Å². The van der Waals surface area contributed by atoms with Gasteiger partial charge in [0.15, 0.2) is 0 Å². The lowest BCUT2D eigenvalue weighted by atomic mass is 10.1. The molecule has 100 valence electrons. The predicted octanol–water partition coefficient (Wildman–Crippen LogP) is 0.179. The van der Waals surface area contributed by atoms with Gasteiger partial charge in [-0.2, -0.15) is 0 Å². The molecule has 0 aromatic heterocycles. The zero-order valence-electron chi connectivity index (χ0n) is 10.4. The number of hydrogen-bond donors (Lipinski definition) is 1. The van der Waals surface area contributed by atoms with Crippen molar-refractivity contribution < 1.29 is 13.2 Å². The number of sulfonamides is 1. The van der Waals surface area contributed by atoms with Gasteiger partial charge in [0.25, 0.3) is 0 Å². The van der Waals surface area contributed by atoms with Crippen molar-refractivity contribution in [2.24, 2.45) is 0 Å². The number of piperidine rings is 1. The third-order valence-corrected chi connectivity index (χ3v) is 5.49. The molecule has 1 N–H and O–H groups in total. The first-order valence-electron chi connectivity index (χ1n) is 6.43. The van der Waals surface area contributed by atoms with Gasteiger partial charge in [-0.15, -0.1) is 0 Å². The van der Waals surface area contributed by atoms with Crippen LogP contribution in [0, 0.1) is 0 Å². The summed E-state index contributed by atoms with van der Waals surface area (Å²) in [7, 11) is -2.99. The van der Waals surface area contributed by atoms with Crippen LogP contribution in [0.3, 0.4) is 0 Å². The minimum atomic E-state index is -2.99. The topological polar surface area (TPSA) is 58.6 Å². The Morgan fingerprint density at radius 2 is 1.94 bits per heavy atom. The van der Waals surface area contributed by atoms with Gasteiger partial charge in [-0.25, -0.2) is 12.7 Å². The summed E-state index contributed by atoms with van der Waals surface area (Å²) in [6.45, 7) is 4.66. The average molecular weight is 262 g/mol. The molecule has 0 aromatic rings. The van der Waals surface area contributed by atoms with Gasteiger partial charge in [-0.1, -0.05) is 0 Å². The van der Waals surface area contributed by atoms with Crippen LogP contribution in [-0.2, 0) is 14.8 Å². The first-order valence-corrected chi connectivity index (χ1v) is 8.04. The lowest BCUT2D eigenvalue weighted by Crippen LogP contribution is -2.48. The van der Waals surface area contributed by atoms with E-state index in [1.165, 1.54) is 0 Å². The maximum Gasteiger partial charge on any atom is 0.213 e. The second-order valence-corrected chi connectivity index (χ2v) is 7.06. The molecule has 2 saturated heterocycles. The maximum absolute atomic E-state index is 11.7. The van der Waals surface area contributed by atoms with Crippen LogP contribution in [0.4, 0.5) is 0 Å². The molecule has 17 heavy (non-hydrogen) atoms. The van der Waals surface area contributed by atoms with Crippen molar-refractivity contribution in [2.75, 3.05) is 32.1 Å². The first-order chi connectivity index (χ1) is 8.12. The van der Waals surface area contributed by atoms with Gasteiger partial charge < -0.3 is 10.1 Å². The molecule has 2 rings (SSSR count). The lowest BCUT2D eigenvalue weighted by Gasteiger charge is -2.32. The van der Waals surface area contributed by atoms with Crippen LogP contribution in [0.25, 0.3) is 0 Å². The second kappa shape index (κ2) is 5.65. The highest BCUT2D eigenvalue weighted by Crippen LogP contribution is 2.16. The van der Waals surface area contributed by atoms with Gasteiger partial charge >= 0.3 is 0 Å². The van der Waals surface area contributed by atoms with Crippen LogP contribution in [0.2, 0.25) is 0 Å². The number of hydrogen-bond acceptors (Lipinski definition) is 4. The fourth-order valence-electron chi connectivity index (χ4n) is 2.48. The van der Waals surface area contributed by atoms with E-state index in [1.807, 2.05) is 0 Å². The average Bonchev–Trinajstić information content (AvgIpc) is 2.83. The minimum absolute atomic E-state index is 0.210. The summed E-state index contributed by atoms with van der Waals surface area (Å²) in [6, 6.07) is 0.916. The molecule has 2 fully saturated rings. The molecule has 0 spiro atoms. The van der Waals surface area contributed by atoms with E-state index in [0.717, 1.165) is 32.5 Å². The van der Waals surface area contributed by atoms with E-state index in [2.05, 4.69) is 5.32 Å². The van der Waals surface area contributed by atoms with Gasteiger partial charge in [0.2, 0.25) is 10.0 Å².